The van der Waals surface area contributed by atoms with Gasteiger partial charge < -0.3 is 9.47 Å². The molecule has 0 amide bonds. The molecule has 1 N–H and O–H groups in total. The van der Waals surface area contributed by atoms with Gasteiger partial charge in [0.05, 0.1) is 30.0 Å². The minimum Gasteiger partial charge on any atom is -0.470 e. The zero-order valence-corrected chi connectivity index (χ0v) is 14.2. The first-order chi connectivity index (χ1) is 12.1. The first-order valence-electron chi connectivity index (χ1n) is 7.85. The van der Waals surface area contributed by atoms with E-state index in [9.17, 15) is 0 Å². The van der Waals surface area contributed by atoms with Crippen molar-refractivity contribution in [1.29, 1.82) is 0 Å². The quantitative estimate of drug-likeness (QED) is 0.665. The third-order valence-electron chi connectivity index (χ3n) is 3.37. The molecule has 3 aromatic heterocycles. The predicted molar refractivity (Wildman–Crippen MR) is 94.8 cm³/mol. The van der Waals surface area contributed by atoms with Crippen molar-refractivity contribution < 1.29 is 9.47 Å². The van der Waals surface area contributed by atoms with E-state index in [4.69, 9.17) is 9.47 Å². The molecule has 0 fully saturated rings. The Hall–Kier alpha value is -3.22. The summed E-state index contributed by atoms with van der Waals surface area (Å²) >= 11 is 0. The van der Waals surface area contributed by atoms with Crippen LogP contribution in [0.15, 0.2) is 49.7 Å². The van der Waals surface area contributed by atoms with Crippen LogP contribution in [-0.2, 0) is 11.2 Å². The molecule has 7 nitrogen and oxygen atoms in total. The number of ether oxygens (including phenoxy) is 2. The van der Waals surface area contributed by atoms with Crippen LogP contribution in [0.1, 0.15) is 19.5 Å². The lowest BCUT2D eigenvalue weighted by Crippen LogP contribution is -2.09. The summed E-state index contributed by atoms with van der Waals surface area (Å²) in [7, 11) is 0. The van der Waals surface area contributed by atoms with Gasteiger partial charge >= 0.3 is 6.01 Å². The molecule has 0 aliphatic carbocycles. The van der Waals surface area contributed by atoms with Gasteiger partial charge in [-0.05, 0) is 26.0 Å². The molecule has 0 aliphatic heterocycles. The molecule has 3 rings (SSSR count). The summed E-state index contributed by atoms with van der Waals surface area (Å²) in [6.07, 6.45) is 5.14. The van der Waals surface area contributed by atoms with Gasteiger partial charge in [0.2, 0.25) is 0 Å². The number of nitrogens with zero attached hydrogens (tertiary/aromatic N) is 4. The average Bonchev–Trinajstić information content (AvgIpc) is 3.01. The number of fused-ring (bicyclic) bond motifs is 1. The van der Waals surface area contributed by atoms with E-state index in [0.717, 1.165) is 16.6 Å². The number of allylic oxidation sites excluding steroid dienone is 1. The molecule has 0 unspecified atom stereocenters. The average molecular weight is 337 g/mol. The van der Waals surface area contributed by atoms with Gasteiger partial charge in [0, 0.05) is 23.6 Å². The van der Waals surface area contributed by atoms with Crippen molar-refractivity contribution in [2.75, 3.05) is 0 Å². The third kappa shape index (κ3) is 3.82. The van der Waals surface area contributed by atoms with E-state index in [2.05, 4.69) is 38.3 Å². The second-order valence-electron chi connectivity index (χ2n) is 5.68. The smallest absolute Gasteiger partial charge is 0.317 e. The van der Waals surface area contributed by atoms with Gasteiger partial charge in [0.1, 0.15) is 5.76 Å². The highest BCUT2D eigenvalue weighted by molar-refractivity contribution is 5.81. The van der Waals surface area contributed by atoms with Crippen molar-refractivity contribution in [3.8, 4) is 17.3 Å². The zero-order chi connectivity index (χ0) is 17.8. The van der Waals surface area contributed by atoms with Crippen molar-refractivity contribution >= 4 is 11.0 Å². The number of nitrogens with one attached hydrogen (secondary N) is 1. The molecule has 0 atom stereocenters. The van der Waals surface area contributed by atoms with E-state index < -0.39 is 0 Å². The Labute approximate surface area is 145 Å². The summed E-state index contributed by atoms with van der Waals surface area (Å²) in [5.41, 5.74) is 3.01. The molecule has 0 radical (unpaired) electrons. The molecule has 0 saturated carbocycles. The lowest BCUT2D eigenvalue weighted by Gasteiger charge is -2.12. The summed E-state index contributed by atoms with van der Waals surface area (Å²) in [5, 5.41) is 7.79. The summed E-state index contributed by atoms with van der Waals surface area (Å²) in [6.45, 7) is 11.3. The molecular weight excluding hydrogens is 318 g/mol. The van der Waals surface area contributed by atoms with Crippen molar-refractivity contribution in [3.05, 3.63) is 55.4 Å². The van der Waals surface area contributed by atoms with Gasteiger partial charge in [-0.3, -0.25) is 5.10 Å². The maximum Gasteiger partial charge on any atom is 0.317 e. The minimum absolute atomic E-state index is 0.00929. The summed E-state index contributed by atoms with van der Waals surface area (Å²) in [6, 6.07) is 4.12. The Balaban J connectivity index is 2.06. The fourth-order valence-corrected chi connectivity index (χ4v) is 2.38. The predicted octanol–water partition coefficient (Wildman–Crippen LogP) is 3.42. The first kappa shape index (κ1) is 16.6. The molecule has 0 aromatic carbocycles. The molecule has 25 heavy (non-hydrogen) atoms. The lowest BCUT2D eigenvalue weighted by atomic mass is 10.1. The van der Waals surface area contributed by atoms with E-state index in [1.807, 2.05) is 26.0 Å². The number of aromatic amines is 1. The number of aromatic nitrogens is 5. The Bertz CT molecular complexity index is 917. The zero-order valence-electron chi connectivity index (χ0n) is 14.2. The molecule has 3 aromatic rings. The summed E-state index contributed by atoms with van der Waals surface area (Å²) < 4.78 is 10.8. The van der Waals surface area contributed by atoms with Crippen LogP contribution in [0.5, 0.6) is 6.01 Å². The van der Waals surface area contributed by atoms with Crippen LogP contribution in [0.4, 0.5) is 0 Å². The Kier molecular flexibility index (Phi) is 4.74. The van der Waals surface area contributed by atoms with Crippen molar-refractivity contribution in [2.24, 2.45) is 0 Å². The molecule has 7 heteroatoms. The highest BCUT2D eigenvalue weighted by atomic mass is 16.5. The molecule has 0 bridgehead atoms. The topological polar surface area (TPSA) is 85.8 Å². The van der Waals surface area contributed by atoms with E-state index >= 15 is 0 Å². The number of rotatable bonds is 7. The number of hydrogen-bond acceptors (Lipinski definition) is 6. The van der Waals surface area contributed by atoms with Crippen LogP contribution in [0, 0.1) is 0 Å². The van der Waals surface area contributed by atoms with Gasteiger partial charge in [-0.1, -0.05) is 13.2 Å². The monoisotopic (exact) mass is 337 g/mol. The SMILES string of the molecule is C=COC(=C)Cc1nc2[nH]ncc2cc1-c1ccnc(OC(C)C)n1. The van der Waals surface area contributed by atoms with Gasteiger partial charge in [0.25, 0.3) is 0 Å². The fourth-order valence-electron chi connectivity index (χ4n) is 2.38. The maximum atomic E-state index is 5.59. The second kappa shape index (κ2) is 7.12. The van der Waals surface area contributed by atoms with Gasteiger partial charge in [-0.25, -0.2) is 9.97 Å². The maximum absolute atomic E-state index is 5.59. The van der Waals surface area contributed by atoms with Crippen molar-refractivity contribution in [3.63, 3.8) is 0 Å². The van der Waals surface area contributed by atoms with E-state index in [-0.39, 0.29) is 6.10 Å². The third-order valence-corrected chi connectivity index (χ3v) is 3.37. The standard InChI is InChI=1S/C18H19N5O2/c1-5-24-12(4)8-16-14(9-13-10-20-23-17(13)21-16)15-6-7-19-18(22-15)25-11(2)3/h5-7,9-11H,1,4,8H2,2-3H3,(H,20,21,23). The van der Waals surface area contributed by atoms with Gasteiger partial charge in [0.15, 0.2) is 5.65 Å². The van der Waals surface area contributed by atoms with Crippen LogP contribution in [0.3, 0.4) is 0 Å². The first-order valence-corrected chi connectivity index (χ1v) is 7.85. The number of pyridine rings is 1. The number of H-pyrrole nitrogens is 1. The molecule has 0 saturated heterocycles. The van der Waals surface area contributed by atoms with Gasteiger partial charge in [-0.2, -0.15) is 10.1 Å². The lowest BCUT2D eigenvalue weighted by molar-refractivity contribution is 0.222. The Morgan fingerprint density at radius 3 is 2.96 bits per heavy atom. The summed E-state index contributed by atoms with van der Waals surface area (Å²) in [5.74, 6) is 0.537. The van der Waals surface area contributed by atoms with Crippen LogP contribution in [0.25, 0.3) is 22.3 Å². The van der Waals surface area contributed by atoms with E-state index in [1.165, 1.54) is 6.26 Å². The highest BCUT2D eigenvalue weighted by Gasteiger charge is 2.14. The Morgan fingerprint density at radius 1 is 1.36 bits per heavy atom. The number of hydrogen-bond donors (Lipinski definition) is 1. The van der Waals surface area contributed by atoms with Crippen LogP contribution in [0.2, 0.25) is 0 Å². The Morgan fingerprint density at radius 2 is 2.20 bits per heavy atom. The van der Waals surface area contributed by atoms with E-state index in [0.29, 0.717) is 29.5 Å². The van der Waals surface area contributed by atoms with Crippen molar-refractivity contribution in [2.45, 2.75) is 26.4 Å². The highest BCUT2D eigenvalue weighted by Crippen LogP contribution is 2.27. The summed E-state index contributed by atoms with van der Waals surface area (Å²) in [4.78, 5) is 13.3. The normalized spacial score (nSPS) is 10.8. The van der Waals surface area contributed by atoms with Crippen LogP contribution in [-0.4, -0.2) is 31.3 Å². The molecule has 0 aliphatic rings. The molecule has 128 valence electrons. The molecule has 0 spiro atoms. The van der Waals surface area contributed by atoms with E-state index in [1.54, 1.807) is 12.4 Å². The van der Waals surface area contributed by atoms with Crippen LogP contribution >= 0.6 is 0 Å². The molecular formula is C18H19N5O2. The molecule has 3 heterocycles. The van der Waals surface area contributed by atoms with Crippen LogP contribution < -0.4 is 4.74 Å². The second-order valence-corrected chi connectivity index (χ2v) is 5.68. The largest absolute Gasteiger partial charge is 0.470 e. The van der Waals surface area contributed by atoms with Crippen molar-refractivity contribution in [1.82, 2.24) is 25.1 Å². The minimum atomic E-state index is -0.00929. The fraction of sp³-hybridized carbons (Fsp3) is 0.222. The van der Waals surface area contributed by atoms with Gasteiger partial charge in [-0.15, -0.1) is 0 Å².